The van der Waals surface area contributed by atoms with Crippen molar-refractivity contribution in [3.63, 3.8) is 0 Å². The molecule has 0 radical (unpaired) electrons. The molecular formula is C23H28N2O2. The molecule has 2 saturated heterocycles. The first-order valence-electron chi connectivity index (χ1n) is 9.96. The number of hydrogen-bond donors (Lipinski definition) is 1. The Balaban J connectivity index is 1.58. The van der Waals surface area contributed by atoms with E-state index in [9.17, 15) is 9.90 Å². The maximum absolute atomic E-state index is 12.0. The summed E-state index contributed by atoms with van der Waals surface area (Å²) in [7, 11) is 0. The molecule has 3 atom stereocenters. The summed E-state index contributed by atoms with van der Waals surface area (Å²) in [6, 6.07) is 19.6. The van der Waals surface area contributed by atoms with Crippen molar-refractivity contribution in [3.8, 4) is 11.1 Å². The second-order valence-corrected chi connectivity index (χ2v) is 7.74. The number of amides is 1. The summed E-state index contributed by atoms with van der Waals surface area (Å²) in [6.45, 7) is 4.46. The summed E-state index contributed by atoms with van der Waals surface area (Å²) in [6.07, 6.45) is 2.12. The molecule has 1 N–H and O–H groups in total. The Morgan fingerprint density at radius 3 is 2.33 bits per heavy atom. The van der Waals surface area contributed by atoms with Crippen LogP contribution in [0.3, 0.4) is 0 Å². The number of carbonyl (C=O) groups is 1. The molecule has 0 aromatic heterocycles. The summed E-state index contributed by atoms with van der Waals surface area (Å²) in [5.74, 6) is 0.433. The Hall–Kier alpha value is -2.17. The molecule has 4 rings (SSSR count). The molecule has 2 aromatic carbocycles. The molecule has 2 heterocycles. The third kappa shape index (κ3) is 3.52. The van der Waals surface area contributed by atoms with E-state index in [2.05, 4.69) is 53.4 Å². The van der Waals surface area contributed by atoms with Crippen molar-refractivity contribution in [2.45, 2.75) is 37.8 Å². The van der Waals surface area contributed by atoms with Gasteiger partial charge >= 0.3 is 0 Å². The Kier molecular flexibility index (Phi) is 5.28. The number of carbonyl (C=O) groups excluding carboxylic acids is 1. The highest BCUT2D eigenvalue weighted by atomic mass is 16.3. The fraction of sp³-hybridized carbons (Fsp3) is 0.435. The second-order valence-electron chi connectivity index (χ2n) is 7.74. The van der Waals surface area contributed by atoms with Crippen LogP contribution in [0.15, 0.2) is 54.6 Å². The summed E-state index contributed by atoms with van der Waals surface area (Å²) in [5, 5.41) is 10.0. The van der Waals surface area contributed by atoms with Gasteiger partial charge in [0.15, 0.2) is 0 Å². The van der Waals surface area contributed by atoms with Crippen molar-refractivity contribution in [2.24, 2.45) is 0 Å². The van der Waals surface area contributed by atoms with Crippen LogP contribution < -0.4 is 0 Å². The normalized spacial score (nSPS) is 25.9. The summed E-state index contributed by atoms with van der Waals surface area (Å²) < 4.78 is 0. The van der Waals surface area contributed by atoms with Gasteiger partial charge in [-0.25, -0.2) is 0 Å². The molecule has 0 bridgehead atoms. The second kappa shape index (κ2) is 7.83. The first-order valence-corrected chi connectivity index (χ1v) is 9.96. The number of benzene rings is 2. The van der Waals surface area contributed by atoms with E-state index >= 15 is 0 Å². The molecule has 0 aliphatic carbocycles. The fourth-order valence-corrected chi connectivity index (χ4v) is 4.75. The zero-order chi connectivity index (χ0) is 18.8. The zero-order valence-corrected chi connectivity index (χ0v) is 15.9. The van der Waals surface area contributed by atoms with Gasteiger partial charge in [0.25, 0.3) is 0 Å². The predicted molar refractivity (Wildman–Crippen MR) is 107 cm³/mol. The lowest BCUT2D eigenvalue weighted by atomic mass is 9.74. The first-order chi connectivity index (χ1) is 13.2. The molecule has 2 fully saturated rings. The Morgan fingerprint density at radius 1 is 1.00 bits per heavy atom. The number of hydrogen-bond acceptors (Lipinski definition) is 3. The molecule has 142 valence electrons. The van der Waals surface area contributed by atoms with Gasteiger partial charge in [0.2, 0.25) is 5.91 Å². The molecule has 27 heavy (non-hydrogen) atoms. The van der Waals surface area contributed by atoms with Gasteiger partial charge in [-0.1, -0.05) is 54.6 Å². The van der Waals surface area contributed by atoms with E-state index in [0.717, 1.165) is 32.5 Å². The van der Waals surface area contributed by atoms with E-state index in [0.29, 0.717) is 6.04 Å². The Labute approximate surface area is 161 Å². The van der Waals surface area contributed by atoms with Crippen LogP contribution in [0.4, 0.5) is 0 Å². The average molecular weight is 364 g/mol. The van der Waals surface area contributed by atoms with Crippen molar-refractivity contribution >= 4 is 5.91 Å². The quantitative estimate of drug-likeness (QED) is 0.910. The van der Waals surface area contributed by atoms with Crippen LogP contribution in [-0.4, -0.2) is 59.1 Å². The molecular weight excluding hydrogens is 336 g/mol. The van der Waals surface area contributed by atoms with Gasteiger partial charge in [0.05, 0.1) is 6.61 Å². The van der Waals surface area contributed by atoms with Crippen LogP contribution in [-0.2, 0) is 4.79 Å². The van der Waals surface area contributed by atoms with Gasteiger partial charge in [0.1, 0.15) is 0 Å². The van der Waals surface area contributed by atoms with E-state index < -0.39 is 0 Å². The van der Waals surface area contributed by atoms with Gasteiger partial charge in [-0.15, -0.1) is 0 Å². The van der Waals surface area contributed by atoms with Crippen molar-refractivity contribution in [1.29, 1.82) is 0 Å². The van der Waals surface area contributed by atoms with Gasteiger partial charge in [-0.05, 0) is 36.1 Å². The molecule has 2 aliphatic rings. The Morgan fingerprint density at radius 2 is 1.67 bits per heavy atom. The number of nitrogens with zero attached hydrogens (tertiary/aromatic N) is 2. The van der Waals surface area contributed by atoms with Crippen molar-refractivity contribution in [1.82, 2.24) is 9.80 Å². The minimum atomic E-state index is 0.155. The van der Waals surface area contributed by atoms with Crippen LogP contribution >= 0.6 is 0 Å². The molecule has 2 aliphatic heterocycles. The number of aliphatic hydroxyl groups is 1. The molecule has 2 aromatic rings. The highest BCUT2D eigenvalue weighted by Gasteiger charge is 2.49. The maximum Gasteiger partial charge on any atom is 0.219 e. The lowest BCUT2D eigenvalue weighted by molar-refractivity contribution is -0.134. The van der Waals surface area contributed by atoms with Crippen LogP contribution in [0.5, 0.6) is 0 Å². The standard InChI is InChI=1S/C23H28N2O2/c1-17(27)24-13-5-6-14-25-21(15-24)23(22(25)16-26)20-11-9-19(10-12-20)18-7-3-2-4-8-18/h2-4,7-12,21-23,26H,5-6,13-16H2,1H3/t21-,22-,23+/m1/s1. The van der Waals surface area contributed by atoms with E-state index in [4.69, 9.17) is 0 Å². The van der Waals surface area contributed by atoms with Crippen molar-refractivity contribution in [3.05, 3.63) is 60.2 Å². The molecule has 4 nitrogen and oxygen atoms in total. The molecule has 0 unspecified atom stereocenters. The molecule has 0 saturated carbocycles. The maximum atomic E-state index is 12.0. The van der Waals surface area contributed by atoms with E-state index in [1.165, 1.54) is 16.7 Å². The molecule has 0 spiro atoms. The minimum Gasteiger partial charge on any atom is -0.395 e. The van der Waals surface area contributed by atoms with Gasteiger partial charge in [-0.2, -0.15) is 0 Å². The minimum absolute atomic E-state index is 0.155. The van der Waals surface area contributed by atoms with Crippen LogP contribution in [0, 0.1) is 0 Å². The smallest absolute Gasteiger partial charge is 0.219 e. The lowest BCUT2D eigenvalue weighted by Crippen LogP contribution is -2.67. The molecule has 1 amide bonds. The molecule has 4 heteroatoms. The van der Waals surface area contributed by atoms with Gasteiger partial charge in [0, 0.05) is 38.0 Å². The zero-order valence-electron chi connectivity index (χ0n) is 15.9. The van der Waals surface area contributed by atoms with Crippen LogP contribution in [0.2, 0.25) is 0 Å². The lowest BCUT2D eigenvalue weighted by Gasteiger charge is -2.57. The van der Waals surface area contributed by atoms with Crippen LogP contribution in [0.25, 0.3) is 11.1 Å². The number of aliphatic hydroxyl groups excluding tert-OH is 1. The Bertz CT molecular complexity index is 775. The SMILES string of the molecule is CC(=O)N1CCCCN2[C@H](CO)[C@@H](c3ccc(-c4ccccc4)cc3)[C@H]2C1. The number of fused-ring (bicyclic) bond motifs is 1. The summed E-state index contributed by atoms with van der Waals surface area (Å²) in [4.78, 5) is 16.4. The van der Waals surface area contributed by atoms with Crippen LogP contribution in [0.1, 0.15) is 31.2 Å². The third-order valence-electron chi connectivity index (χ3n) is 6.22. The fourth-order valence-electron chi connectivity index (χ4n) is 4.75. The van der Waals surface area contributed by atoms with Gasteiger partial charge in [-0.3, -0.25) is 9.69 Å². The number of rotatable bonds is 3. The predicted octanol–water partition coefficient (Wildman–Crippen LogP) is 3.12. The monoisotopic (exact) mass is 364 g/mol. The largest absolute Gasteiger partial charge is 0.395 e. The topological polar surface area (TPSA) is 43.8 Å². The highest BCUT2D eigenvalue weighted by Crippen LogP contribution is 2.42. The van der Waals surface area contributed by atoms with E-state index in [1.807, 2.05) is 11.0 Å². The van der Waals surface area contributed by atoms with E-state index in [1.54, 1.807) is 6.92 Å². The van der Waals surface area contributed by atoms with Crippen molar-refractivity contribution < 1.29 is 9.90 Å². The van der Waals surface area contributed by atoms with Gasteiger partial charge < -0.3 is 10.0 Å². The van der Waals surface area contributed by atoms with E-state index in [-0.39, 0.29) is 24.5 Å². The average Bonchev–Trinajstić information content (AvgIpc) is 2.67. The highest BCUT2D eigenvalue weighted by molar-refractivity contribution is 5.73. The van der Waals surface area contributed by atoms with Crippen molar-refractivity contribution in [2.75, 3.05) is 26.2 Å². The third-order valence-corrected chi connectivity index (χ3v) is 6.22. The summed E-state index contributed by atoms with van der Waals surface area (Å²) >= 11 is 0. The summed E-state index contributed by atoms with van der Waals surface area (Å²) in [5.41, 5.74) is 3.69. The first kappa shape index (κ1) is 18.2.